The number of rotatable bonds is 4. The van der Waals surface area contributed by atoms with Gasteiger partial charge < -0.3 is 15.8 Å². The Balaban J connectivity index is 1.46. The maximum Gasteiger partial charge on any atom is 0.261 e. The van der Waals surface area contributed by atoms with E-state index in [1.807, 2.05) is 6.07 Å². The highest BCUT2D eigenvalue weighted by Gasteiger charge is 2.64. The van der Waals surface area contributed by atoms with Crippen LogP contribution < -0.4 is 11.3 Å². The number of fused-ring (bicyclic) bond motifs is 2. The molecule has 35 heavy (non-hydrogen) atoms. The summed E-state index contributed by atoms with van der Waals surface area (Å²) < 4.78 is 0. The molecule has 3 aromatic rings. The summed E-state index contributed by atoms with van der Waals surface area (Å²) in [5.41, 5.74) is 10.1. The highest BCUT2D eigenvalue weighted by molar-refractivity contribution is 5.92. The van der Waals surface area contributed by atoms with Crippen molar-refractivity contribution in [1.29, 1.82) is 0 Å². The van der Waals surface area contributed by atoms with Crippen LogP contribution in [0, 0.1) is 6.92 Å². The number of benzene rings is 2. The Morgan fingerprint density at radius 2 is 1.94 bits per heavy atom. The fourth-order valence-electron chi connectivity index (χ4n) is 7.03. The first-order valence-corrected chi connectivity index (χ1v) is 12.5. The molecule has 1 aromatic heterocycles. The quantitative estimate of drug-likeness (QED) is 0.547. The van der Waals surface area contributed by atoms with Gasteiger partial charge in [-0.2, -0.15) is 0 Å². The fraction of sp³-hybridized carbons (Fsp3) is 0.379. The number of likely N-dealkylation sites (tertiary alicyclic amines) is 1. The summed E-state index contributed by atoms with van der Waals surface area (Å²) in [7, 11) is 0. The van der Waals surface area contributed by atoms with Gasteiger partial charge in [-0.15, -0.1) is 0 Å². The lowest BCUT2D eigenvalue weighted by atomic mass is 9.49. The Hall–Kier alpha value is -3.22. The topological polar surface area (TPSA) is 99.4 Å². The number of aryl methyl sites for hydroxylation is 1. The Labute approximate surface area is 204 Å². The standard InChI is InChI=1S/C29H31N3O3/c1-18-7-8-20-15-25-29(35)16-21-14-22(26(30)33)27(34)31-24(21)17-28(29,23(20)13-18)10-12-32(25)11-9-19-5-3-2-4-6-19/h2-8,13-14,25,35H,9-12,15-17H2,1H3,(H2,30,33)(H,31,34)/t25-,28-,29-/m1/s1. The van der Waals surface area contributed by atoms with Crippen molar-refractivity contribution in [3.05, 3.63) is 104 Å². The zero-order valence-corrected chi connectivity index (χ0v) is 20.0. The van der Waals surface area contributed by atoms with Crippen molar-refractivity contribution in [3.63, 3.8) is 0 Å². The van der Waals surface area contributed by atoms with Gasteiger partial charge in [0.05, 0.1) is 5.60 Å². The minimum atomic E-state index is -1.01. The second-order valence-corrected chi connectivity index (χ2v) is 10.6. The average Bonchev–Trinajstić information content (AvgIpc) is 2.83. The first-order chi connectivity index (χ1) is 16.8. The molecule has 6 nitrogen and oxygen atoms in total. The number of carbonyl (C=O) groups is 1. The predicted octanol–water partition coefficient (Wildman–Crippen LogP) is 2.42. The van der Waals surface area contributed by atoms with Crippen LogP contribution in [0.4, 0.5) is 0 Å². The van der Waals surface area contributed by atoms with Crippen molar-refractivity contribution in [1.82, 2.24) is 9.88 Å². The smallest absolute Gasteiger partial charge is 0.261 e. The highest BCUT2D eigenvalue weighted by Crippen LogP contribution is 2.56. The molecule has 0 radical (unpaired) electrons. The number of pyridine rings is 1. The summed E-state index contributed by atoms with van der Waals surface area (Å²) in [6, 6.07) is 18.6. The molecule has 180 valence electrons. The lowest BCUT2D eigenvalue weighted by Crippen LogP contribution is -2.74. The number of amides is 1. The molecule has 1 fully saturated rings. The largest absolute Gasteiger partial charge is 0.387 e. The molecule has 0 spiro atoms. The van der Waals surface area contributed by atoms with E-state index < -0.39 is 22.5 Å². The van der Waals surface area contributed by atoms with Gasteiger partial charge in [0.2, 0.25) is 0 Å². The third kappa shape index (κ3) is 3.31. The van der Waals surface area contributed by atoms with Gasteiger partial charge in [-0.05, 0) is 61.1 Å². The van der Waals surface area contributed by atoms with Crippen LogP contribution in [0.25, 0.3) is 0 Å². The summed E-state index contributed by atoms with van der Waals surface area (Å²) in [6.07, 6.45) is 3.46. The van der Waals surface area contributed by atoms with Gasteiger partial charge in [0, 0.05) is 36.5 Å². The molecule has 2 heterocycles. The number of carbonyl (C=O) groups excluding carboxylic acids is 1. The minimum Gasteiger partial charge on any atom is -0.387 e. The summed E-state index contributed by atoms with van der Waals surface area (Å²) in [6.45, 7) is 3.86. The molecular weight excluding hydrogens is 438 g/mol. The molecule has 0 saturated carbocycles. The molecule has 2 bridgehead atoms. The molecule has 1 aliphatic heterocycles. The zero-order valence-electron chi connectivity index (χ0n) is 20.0. The predicted molar refractivity (Wildman–Crippen MR) is 135 cm³/mol. The van der Waals surface area contributed by atoms with Crippen LogP contribution in [0.3, 0.4) is 0 Å². The average molecular weight is 470 g/mol. The summed E-state index contributed by atoms with van der Waals surface area (Å²) >= 11 is 0. The normalized spacial score (nSPS) is 27.0. The molecular formula is C29H31N3O3. The van der Waals surface area contributed by atoms with Crippen molar-refractivity contribution >= 4 is 5.91 Å². The Kier molecular flexibility index (Phi) is 5.02. The Morgan fingerprint density at radius 3 is 2.71 bits per heavy atom. The summed E-state index contributed by atoms with van der Waals surface area (Å²) in [5, 5.41) is 12.7. The van der Waals surface area contributed by atoms with Crippen LogP contribution in [0.2, 0.25) is 0 Å². The SMILES string of the molecule is Cc1ccc2c(c1)[C@]13CCN(CCc4ccccc4)[C@H](C2)[C@]1(O)Cc1cc(C(N)=O)c(=O)[nH]c1C3. The lowest BCUT2D eigenvalue weighted by molar-refractivity contribution is -0.151. The van der Waals surface area contributed by atoms with Gasteiger partial charge in [0.25, 0.3) is 11.5 Å². The molecule has 3 atom stereocenters. The number of piperidine rings is 1. The number of nitrogens with zero attached hydrogens (tertiary/aromatic N) is 1. The van der Waals surface area contributed by atoms with E-state index in [0.29, 0.717) is 12.8 Å². The van der Waals surface area contributed by atoms with E-state index >= 15 is 0 Å². The molecule has 2 aliphatic carbocycles. The van der Waals surface area contributed by atoms with Gasteiger partial charge in [-0.3, -0.25) is 14.5 Å². The molecule has 6 rings (SSSR count). The maximum atomic E-state index is 12.7. The van der Waals surface area contributed by atoms with Crippen LogP contribution in [-0.2, 0) is 31.1 Å². The van der Waals surface area contributed by atoms with Crippen molar-refractivity contribution in [2.45, 2.75) is 56.1 Å². The van der Waals surface area contributed by atoms with E-state index in [-0.39, 0.29) is 11.6 Å². The number of aromatic amines is 1. The van der Waals surface area contributed by atoms with Crippen LogP contribution in [0.15, 0.2) is 59.4 Å². The van der Waals surface area contributed by atoms with Crippen LogP contribution >= 0.6 is 0 Å². The monoisotopic (exact) mass is 469 g/mol. The number of aromatic nitrogens is 1. The van der Waals surface area contributed by atoms with Gasteiger partial charge >= 0.3 is 0 Å². The number of nitrogens with one attached hydrogen (secondary N) is 1. The summed E-state index contributed by atoms with van der Waals surface area (Å²) in [5.74, 6) is -0.740. The molecule has 2 aromatic carbocycles. The molecule has 0 unspecified atom stereocenters. The van der Waals surface area contributed by atoms with E-state index in [2.05, 4.69) is 59.3 Å². The molecule has 4 N–H and O–H groups in total. The second kappa shape index (κ2) is 7.90. The third-order valence-corrected chi connectivity index (χ3v) is 8.79. The fourth-order valence-corrected chi connectivity index (χ4v) is 7.03. The van der Waals surface area contributed by atoms with Crippen LogP contribution in [-0.4, -0.2) is 45.6 Å². The number of hydrogen-bond donors (Lipinski definition) is 3. The molecule has 6 heteroatoms. The Bertz CT molecular complexity index is 1380. The van der Waals surface area contributed by atoms with Crippen molar-refractivity contribution in [2.24, 2.45) is 5.73 Å². The van der Waals surface area contributed by atoms with E-state index in [9.17, 15) is 14.7 Å². The first-order valence-electron chi connectivity index (χ1n) is 12.5. The van der Waals surface area contributed by atoms with Gasteiger partial charge in [-0.1, -0.05) is 54.1 Å². The summed E-state index contributed by atoms with van der Waals surface area (Å²) in [4.78, 5) is 29.9. The minimum absolute atomic E-state index is 0.0403. The van der Waals surface area contributed by atoms with Crippen molar-refractivity contribution in [2.75, 3.05) is 13.1 Å². The zero-order chi connectivity index (χ0) is 24.4. The van der Waals surface area contributed by atoms with E-state index in [1.54, 1.807) is 6.07 Å². The highest BCUT2D eigenvalue weighted by atomic mass is 16.3. The number of nitrogens with two attached hydrogens (primary N) is 1. The second-order valence-electron chi connectivity index (χ2n) is 10.6. The number of primary amides is 1. The van der Waals surface area contributed by atoms with E-state index in [0.717, 1.165) is 43.6 Å². The lowest BCUT2D eigenvalue weighted by Gasteiger charge is -2.63. The van der Waals surface area contributed by atoms with E-state index in [1.165, 1.54) is 22.3 Å². The third-order valence-electron chi connectivity index (χ3n) is 8.79. The van der Waals surface area contributed by atoms with Crippen molar-refractivity contribution < 1.29 is 9.90 Å². The Morgan fingerprint density at radius 1 is 1.14 bits per heavy atom. The number of aliphatic hydroxyl groups is 1. The number of hydrogen-bond acceptors (Lipinski definition) is 4. The van der Waals surface area contributed by atoms with E-state index in [4.69, 9.17) is 5.73 Å². The number of H-pyrrole nitrogens is 1. The van der Waals surface area contributed by atoms with Crippen molar-refractivity contribution in [3.8, 4) is 0 Å². The van der Waals surface area contributed by atoms with Gasteiger partial charge in [0.15, 0.2) is 0 Å². The maximum absolute atomic E-state index is 12.7. The van der Waals surface area contributed by atoms with Crippen LogP contribution in [0.5, 0.6) is 0 Å². The first kappa shape index (κ1) is 22.3. The molecule has 1 amide bonds. The van der Waals surface area contributed by atoms with Crippen LogP contribution in [0.1, 0.15) is 50.3 Å². The molecule has 1 saturated heterocycles. The molecule has 3 aliphatic rings. The van der Waals surface area contributed by atoms with Gasteiger partial charge in [0.1, 0.15) is 5.56 Å². The van der Waals surface area contributed by atoms with Gasteiger partial charge in [-0.25, -0.2) is 0 Å².